The maximum atomic E-state index is 13.0. The Hall–Kier alpha value is -4.24. The molecule has 1 N–H and O–H groups in total. The van der Waals surface area contributed by atoms with Crippen LogP contribution in [-0.2, 0) is 22.9 Å². The fourth-order valence-corrected chi connectivity index (χ4v) is 5.17. The van der Waals surface area contributed by atoms with Crippen LogP contribution in [0.1, 0.15) is 17.1 Å². The number of pyridine rings is 2. The number of aromatic nitrogens is 4. The Morgan fingerprint density at radius 1 is 0.917 bits per heavy atom. The third-order valence-electron chi connectivity index (χ3n) is 5.92. The smallest absolute Gasteiger partial charge is 0.261 e. The lowest BCUT2D eigenvalue weighted by atomic mass is 10.2. The molecule has 182 valence electrons. The van der Waals surface area contributed by atoms with Gasteiger partial charge in [-0.1, -0.05) is 18.2 Å². The highest BCUT2D eigenvalue weighted by molar-refractivity contribution is 7.92. The standard InChI is InChI=1S/C27H25N5O3S/c1-19-6-3-4-7-24(19)31-36(33,34)23-12-10-21(11-13-23)32-25-8-5-16-29-27(25)30-26(32)14-9-20-18-22(35-2)15-17-28-20/h3-8,10-13,15-18,31H,9,14H2,1-2H3. The average molecular weight is 500 g/mol. The molecule has 9 heteroatoms. The van der Waals surface area contributed by atoms with Gasteiger partial charge in [0.05, 0.1) is 23.2 Å². The van der Waals surface area contributed by atoms with E-state index in [-0.39, 0.29) is 4.90 Å². The molecule has 8 nitrogen and oxygen atoms in total. The Kier molecular flexibility index (Phi) is 6.39. The molecule has 0 saturated heterocycles. The number of nitrogens with zero attached hydrogens (tertiary/aromatic N) is 4. The number of aryl methyl sites for hydroxylation is 3. The summed E-state index contributed by atoms with van der Waals surface area (Å²) in [6, 6.07) is 21.6. The second kappa shape index (κ2) is 9.79. The maximum absolute atomic E-state index is 13.0. The van der Waals surface area contributed by atoms with Gasteiger partial charge in [0.1, 0.15) is 11.6 Å². The summed E-state index contributed by atoms with van der Waals surface area (Å²) in [6.45, 7) is 1.86. The number of sulfonamides is 1. The number of nitrogens with one attached hydrogen (secondary N) is 1. The maximum Gasteiger partial charge on any atom is 0.261 e. The van der Waals surface area contributed by atoms with E-state index in [0.717, 1.165) is 34.0 Å². The summed E-state index contributed by atoms with van der Waals surface area (Å²) in [4.78, 5) is 13.8. The molecule has 3 heterocycles. The zero-order chi connectivity index (χ0) is 25.1. The van der Waals surface area contributed by atoms with Crippen LogP contribution in [0.5, 0.6) is 5.75 Å². The Morgan fingerprint density at radius 3 is 2.50 bits per heavy atom. The van der Waals surface area contributed by atoms with Gasteiger partial charge in [0.2, 0.25) is 0 Å². The lowest BCUT2D eigenvalue weighted by Gasteiger charge is -2.12. The van der Waals surface area contributed by atoms with E-state index in [1.807, 2.05) is 47.9 Å². The van der Waals surface area contributed by atoms with E-state index in [0.29, 0.717) is 24.2 Å². The van der Waals surface area contributed by atoms with Crippen LogP contribution in [0.2, 0.25) is 0 Å². The third-order valence-corrected chi connectivity index (χ3v) is 7.30. The molecule has 5 rings (SSSR count). The van der Waals surface area contributed by atoms with Crippen molar-refractivity contribution in [1.29, 1.82) is 0 Å². The fourth-order valence-electron chi connectivity index (χ4n) is 4.04. The molecule has 0 amide bonds. The highest BCUT2D eigenvalue weighted by atomic mass is 32.2. The van der Waals surface area contributed by atoms with Crippen molar-refractivity contribution in [2.24, 2.45) is 0 Å². The first-order chi connectivity index (χ1) is 17.4. The molecule has 0 fully saturated rings. The summed E-state index contributed by atoms with van der Waals surface area (Å²) in [7, 11) is -2.10. The molecule has 3 aromatic heterocycles. The van der Waals surface area contributed by atoms with E-state index >= 15 is 0 Å². The second-order valence-electron chi connectivity index (χ2n) is 8.31. The number of hydrogen-bond donors (Lipinski definition) is 1. The number of para-hydroxylation sites is 1. The summed E-state index contributed by atoms with van der Waals surface area (Å²) in [5.41, 5.74) is 4.58. The van der Waals surface area contributed by atoms with Gasteiger partial charge in [-0.25, -0.2) is 18.4 Å². The molecule has 0 spiro atoms. The van der Waals surface area contributed by atoms with Crippen molar-refractivity contribution < 1.29 is 13.2 Å². The molecule has 0 saturated carbocycles. The molecule has 0 radical (unpaired) electrons. The minimum Gasteiger partial charge on any atom is -0.497 e. The minimum atomic E-state index is -3.73. The van der Waals surface area contributed by atoms with Crippen molar-refractivity contribution >= 4 is 26.9 Å². The van der Waals surface area contributed by atoms with Crippen LogP contribution in [0, 0.1) is 6.92 Å². The predicted octanol–water partition coefficient (Wildman–Crippen LogP) is 4.72. The number of rotatable bonds is 8. The number of ether oxygens (including phenoxy) is 1. The van der Waals surface area contributed by atoms with Gasteiger partial charge in [-0.2, -0.15) is 0 Å². The highest BCUT2D eigenvalue weighted by Gasteiger charge is 2.18. The van der Waals surface area contributed by atoms with Gasteiger partial charge in [0.25, 0.3) is 10.0 Å². The molecule has 0 unspecified atom stereocenters. The van der Waals surface area contributed by atoms with Crippen LogP contribution in [0.3, 0.4) is 0 Å². The van der Waals surface area contributed by atoms with Crippen LogP contribution in [-0.4, -0.2) is 35.0 Å². The highest BCUT2D eigenvalue weighted by Crippen LogP contribution is 2.24. The van der Waals surface area contributed by atoms with Crippen molar-refractivity contribution in [3.05, 3.63) is 102 Å². The van der Waals surface area contributed by atoms with E-state index in [4.69, 9.17) is 9.72 Å². The molecule has 2 aromatic carbocycles. The van der Waals surface area contributed by atoms with E-state index in [2.05, 4.69) is 14.7 Å². The Bertz CT molecular complexity index is 1630. The first-order valence-electron chi connectivity index (χ1n) is 11.4. The third kappa shape index (κ3) is 4.78. The van der Waals surface area contributed by atoms with Gasteiger partial charge in [0.15, 0.2) is 5.65 Å². The predicted molar refractivity (Wildman–Crippen MR) is 139 cm³/mol. The topological polar surface area (TPSA) is 99.0 Å². The molecule has 5 aromatic rings. The Labute approximate surface area is 209 Å². The molecule has 0 aliphatic rings. The average Bonchev–Trinajstić information content (AvgIpc) is 3.27. The summed E-state index contributed by atoms with van der Waals surface area (Å²) in [5.74, 6) is 1.56. The number of hydrogen-bond acceptors (Lipinski definition) is 6. The van der Waals surface area contributed by atoms with Crippen molar-refractivity contribution in [2.75, 3.05) is 11.8 Å². The second-order valence-corrected chi connectivity index (χ2v) is 9.99. The van der Waals surface area contributed by atoms with Gasteiger partial charge >= 0.3 is 0 Å². The molecule has 0 aliphatic heterocycles. The van der Waals surface area contributed by atoms with Gasteiger partial charge in [-0.3, -0.25) is 14.3 Å². The normalized spacial score (nSPS) is 11.5. The molecule has 0 bridgehead atoms. The summed E-state index contributed by atoms with van der Waals surface area (Å²) >= 11 is 0. The monoisotopic (exact) mass is 499 g/mol. The van der Waals surface area contributed by atoms with Crippen LogP contribution >= 0.6 is 0 Å². The number of anilines is 1. The van der Waals surface area contributed by atoms with Crippen molar-refractivity contribution in [1.82, 2.24) is 19.5 Å². The zero-order valence-corrected chi connectivity index (χ0v) is 20.7. The molecule has 0 atom stereocenters. The summed E-state index contributed by atoms with van der Waals surface area (Å²) in [6.07, 6.45) is 4.71. The van der Waals surface area contributed by atoms with E-state index < -0.39 is 10.0 Å². The number of benzene rings is 2. The van der Waals surface area contributed by atoms with Crippen LogP contribution < -0.4 is 9.46 Å². The lowest BCUT2D eigenvalue weighted by Crippen LogP contribution is -2.14. The van der Waals surface area contributed by atoms with Gasteiger partial charge in [0, 0.05) is 36.3 Å². The van der Waals surface area contributed by atoms with Gasteiger partial charge in [-0.15, -0.1) is 0 Å². The zero-order valence-electron chi connectivity index (χ0n) is 19.9. The van der Waals surface area contributed by atoms with E-state index in [9.17, 15) is 8.42 Å². The van der Waals surface area contributed by atoms with Crippen molar-refractivity contribution in [3.8, 4) is 11.4 Å². The van der Waals surface area contributed by atoms with Crippen molar-refractivity contribution in [3.63, 3.8) is 0 Å². The van der Waals surface area contributed by atoms with Crippen molar-refractivity contribution in [2.45, 2.75) is 24.7 Å². The summed E-state index contributed by atoms with van der Waals surface area (Å²) in [5, 5.41) is 0. The summed E-state index contributed by atoms with van der Waals surface area (Å²) < 4.78 is 36.0. The number of methoxy groups -OCH3 is 1. The Morgan fingerprint density at radius 2 is 1.72 bits per heavy atom. The van der Waals surface area contributed by atoms with E-state index in [1.54, 1.807) is 55.9 Å². The molecular formula is C27H25N5O3S. The first-order valence-corrected chi connectivity index (χ1v) is 12.9. The quantitative estimate of drug-likeness (QED) is 0.332. The van der Waals surface area contributed by atoms with Crippen LogP contribution in [0.25, 0.3) is 16.9 Å². The fraction of sp³-hybridized carbons (Fsp3) is 0.148. The largest absolute Gasteiger partial charge is 0.497 e. The van der Waals surface area contributed by atoms with Crippen LogP contribution in [0.15, 0.2) is 90.1 Å². The molecule has 0 aliphatic carbocycles. The van der Waals surface area contributed by atoms with Crippen LogP contribution in [0.4, 0.5) is 5.69 Å². The van der Waals surface area contributed by atoms with Gasteiger partial charge < -0.3 is 4.74 Å². The van der Waals surface area contributed by atoms with E-state index in [1.165, 1.54) is 0 Å². The van der Waals surface area contributed by atoms with Gasteiger partial charge in [-0.05, 0) is 67.4 Å². The molecule has 36 heavy (non-hydrogen) atoms. The first kappa shape index (κ1) is 23.5. The Balaban J connectivity index is 1.46. The SMILES string of the molecule is COc1ccnc(CCc2nc3ncccc3n2-c2ccc(S(=O)(=O)Nc3ccccc3C)cc2)c1. The molecular weight excluding hydrogens is 474 g/mol. The number of imidazole rings is 1. The number of fused-ring (bicyclic) bond motifs is 1. The minimum absolute atomic E-state index is 0.180. The lowest BCUT2D eigenvalue weighted by molar-refractivity contribution is 0.413.